The molecule has 0 amide bonds. The molecule has 0 aliphatic carbocycles. The molecule has 0 aliphatic rings. The van der Waals surface area contributed by atoms with E-state index < -0.39 is 0 Å². The number of furan rings is 1. The Kier molecular flexibility index (Phi) is 6.51. The molecular formula is C29H40O. The van der Waals surface area contributed by atoms with Crippen molar-refractivity contribution in [3.8, 4) is 11.1 Å². The van der Waals surface area contributed by atoms with Gasteiger partial charge in [0.15, 0.2) is 0 Å². The predicted molar refractivity (Wildman–Crippen MR) is 132 cm³/mol. The van der Waals surface area contributed by atoms with E-state index in [1.807, 2.05) is 6.26 Å². The fourth-order valence-corrected chi connectivity index (χ4v) is 4.46. The molecule has 0 atom stereocenters. The Morgan fingerprint density at radius 1 is 0.533 bits per heavy atom. The number of fused-ring (bicyclic) bond motifs is 1. The molecule has 0 saturated heterocycles. The summed E-state index contributed by atoms with van der Waals surface area (Å²) in [6, 6.07) is 9.53. The largest absolute Gasteiger partial charge is 0.464 e. The van der Waals surface area contributed by atoms with Gasteiger partial charge in [-0.3, -0.25) is 0 Å². The maximum atomic E-state index is 6.23. The van der Waals surface area contributed by atoms with E-state index in [2.05, 4.69) is 93.5 Å². The molecule has 0 saturated carbocycles. The van der Waals surface area contributed by atoms with E-state index in [9.17, 15) is 0 Å². The third kappa shape index (κ3) is 4.09. The predicted octanol–water partition coefficient (Wildman–Crippen LogP) is 9.72. The standard InChI is InChI=1S/C29H40O/c1-16(2)21-11-23(18(5)6)28(24(12-21)19(7)8)26-15-30-27-14-22(17(3)4)13-25(20(9)10)29(26)27/h11-20H,1-10H3. The SMILES string of the molecule is CC(C)c1cc(C(C)C)c(-c2coc3cc(C(C)C)cc(C(C)C)c23)c(C(C)C)c1. The molecule has 0 aliphatic heterocycles. The molecule has 0 bridgehead atoms. The topological polar surface area (TPSA) is 13.1 Å². The van der Waals surface area contributed by atoms with Gasteiger partial charge in [-0.25, -0.2) is 0 Å². The summed E-state index contributed by atoms with van der Waals surface area (Å²) in [6.45, 7) is 23.0. The number of benzene rings is 2. The summed E-state index contributed by atoms with van der Waals surface area (Å²) >= 11 is 0. The third-order valence-corrected chi connectivity index (χ3v) is 6.42. The quantitative estimate of drug-likeness (QED) is 0.398. The average molecular weight is 405 g/mol. The van der Waals surface area contributed by atoms with Crippen molar-refractivity contribution in [3.05, 3.63) is 58.3 Å². The zero-order chi connectivity index (χ0) is 22.3. The molecule has 0 unspecified atom stereocenters. The Morgan fingerprint density at radius 2 is 0.967 bits per heavy atom. The molecule has 0 N–H and O–H groups in total. The van der Waals surface area contributed by atoms with Crippen LogP contribution in [0.1, 0.15) is 127 Å². The first-order valence-electron chi connectivity index (χ1n) is 11.8. The minimum Gasteiger partial charge on any atom is -0.464 e. The van der Waals surface area contributed by atoms with Crippen LogP contribution in [0.25, 0.3) is 22.1 Å². The van der Waals surface area contributed by atoms with Gasteiger partial charge < -0.3 is 4.42 Å². The van der Waals surface area contributed by atoms with E-state index in [1.165, 1.54) is 44.3 Å². The molecule has 30 heavy (non-hydrogen) atoms. The first kappa shape index (κ1) is 22.7. The molecule has 0 spiro atoms. The van der Waals surface area contributed by atoms with Crippen LogP contribution in [0.2, 0.25) is 0 Å². The van der Waals surface area contributed by atoms with Crippen molar-refractivity contribution in [2.75, 3.05) is 0 Å². The molecule has 2 aromatic carbocycles. The third-order valence-electron chi connectivity index (χ3n) is 6.42. The highest BCUT2D eigenvalue weighted by atomic mass is 16.3. The zero-order valence-corrected chi connectivity index (χ0v) is 20.7. The average Bonchev–Trinajstić information content (AvgIpc) is 3.09. The van der Waals surface area contributed by atoms with Crippen molar-refractivity contribution in [1.82, 2.24) is 0 Å². The molecule has 3 aromatic rings. The molecule has 162 valence electrons. The van der Waals surface area contributed by atoms with Gasteiger partial charge in [-0.15, -0.1) is 0 Å². The van der Waals surface area contributed by atoms with Gasteiger partial charge in [0, 0.05) is 10.9 Å². The molecule has 0 radical (unpaired) electrons. The fourth-order valence-electron chi connectivity index (χ4n) is 4.46. The number of rotatable bonds is 6. The van der Waals surface area contributed by atoms with Crippen molar-refractivity contribution in [2.45, 2.75) is 98.8 Å². The van der Waals surface area contributed by atoms with Crippen molar-refractivity contribution >= 4 is 11.0 Å². The molecule has 1 aromatic heterocycles. The molecular weight excluding hydrogens is 364 g/mol. The van der Waals surface area contributed by atoms with Gasteiger partial charge in [-0.05, 0) is 69.0 Å². The minimum absolute atomic E-state index is 0.447. The van der Waals surface area contributed by atoms with E-state index in [-0.39, 0.29) is 0 Å². The van der Waals surface area contributed by atoms with Gasteiger partial charge in [0.1, 0.15) is 5.58 Å². The smallest absolute Gasteiger partial charge is 0.135 e. The molecule has 1 heteroatoms. The van der Waals surface area contributed by atoms with Gasteiger partial charge in [0.25, 0.3) is 0 Å². The van der Waals surface area contributed by atoms with Crippen LogP contribution in [0.3, 0.4) is 0 Å². The summed E-state index contributed by atoms with van der Waals surface area (Å²) in [5.41, 5.74) is 10.8. The van der Waals surface area contributed by atoms with Crippen LogP contribution in [0.15, 0.2) is 34.9 Å². The van der Waals surface area contributed by atoms with Gasteiger partial charge in [0.2, 0.25) is 0 Å². The second-order valence-electron chi connectivity index (χ2n) is 10.5. The summed E-state index contributed by atoms with van der Waals surface area (Å²) in [5, 5.41) is 1.30. The van der Waals surface area contributed by atoms with Gasteiger partial charge >= 0.3 is 0 Å². The van der Waals surface area contributed by atoms with Gasteiger partial charge in [-0.1, -0.05) is 87.4 Å². The Hall–Kier alpha value is -2.02. The lowest BCUT2D eigenvalue weighted by Crippen LogP contribution is -2.04. The van der Waals surface area contributed by atoms with Crippen LogP contribution < -0.4 is 0 Å². The Balaban J connectivity index is 2.43. The second kappa shape index (κ2) is 8.61. The highest BCUT2D eigenvalue weighted by molar-refractivity contribution is 5.99. The van der Waals surface area contributed by atoms with Crippen LogP contribution >= 0.6 is 0 Å². The summed E-state index contributed by atoms with van der Waals surface area (Å²) in [6.07, 6.45) is 2.02. The minimum atomic E-state index is 0.447. The van der Waals surface area contributed by atoms with Crippen molar-refractivity contribution < 1.29 is 4.42 Å². The van der Waals surface area contributed by atoms with E-state index in [4.69, 9.17) is 4.42 Å². The first-order chi connectivity index (χ1) is 14.0. The summed E-state index contributed by atoms with van der Waals surface area (Å²) in [5.74, 6) is 2.37. The number of hydrogen-bond donors (Lipinski definition) is 0. The maximum absolute atomic E-state index is 6.23. The van der Waals surface area contributed by atoms with Gasteiger partial charge in [-0.2, -0.15) is 0 Å². The van der Waals surface area contributed by atoms with Crippen LogP contribution in [-0.4, -0.2) is 0 Å². The van der Waals surface area contributed by atoms with E-state index in [1.54, 1.807) is 0 Å². The van der Waals surface area contributed by atoms with Crippen molar-refractivity contribution in [1.29, 1.82) is 0 Å². The normalized spacial score (nSPS) is 12.5. The van der Waals surface area contributed by atoms with E-state index in [0.717, 1.165) is 5.58 Å². The van der Waals surface area contributed by atoms with Crippen LogP contribution in [-0.2, 0) is 0 Å². The van der Waals surface area contributed by atoms with E-state index >= 15 is 0 Å². The van der Waals surface area contributed by atoms with Gasteiger partial charge in [0.05, 0.1) is 6.26 Å². The Bertz CT molecular complexity index is 999. The maximum Gasteiger partial charge on any atom is 0.135 e. The Labute approximate surface area is 183 Å². The lowest BCUT2D eigenvalue weighted by molar-refractivity contribution is 0.615. The molecule has 0 fully saturated rings. The lowest BCUT2D eigenvalue weighted by atomic mass is 9.80. The van der Waals surface area contributed by atoms with Crippen LogP contribution in [0, 0.1) is 0 Å². The molecule has 1 heterocycles. The number of hydrogen-bond acceptors (Lipinski definition) is 1. The monoisotopic (exact) mass is 404 g/mol. The highest BCUT2D eigenvalue weighted by Gasteiger charge is 2.24. The van der Waals surface area contributed by atoms with E-state index in [0.29, 0.717) is 29.6 Å². The Morgan fingerprint density at radius 3 is 1.40 bits per heavy atom. The molecule has 3 rings (SSSR count). The molecule has 1 nitrogen and oxygen atoms in total. The van der Waals surface area contributed by atoms with Crippen LogP contribution in [0.4, 0.5) is 0 Å². The summed E-state index contributed by atoms with van der Waals surface area (Å²) in [4.78, 5) is 0. The van der Waals surface area contributed by atoms with Crippen molar-refractivity contribution in [2.24, 2.45) is 0 Å². The first-order valence-corrected chi connectivity index (χ1v) is 11.8. The lowest BCUT2D eigenvalue weighted by Gasteiger charge is -2.23. The second-order valence-corrected chi connectivity index (χ2v) is 10.5. The zero-order valence-electron chi connectivity index (χ0n) is 20.7. The summed E-state index contributed by atoms with van der Waals surface area (Å²) in [7, 11) is 0. The van der Waals surface area contributed by atoms with Crippen LogP contribution in [0.5, 0.6) is 0 Å². The summed E-state index contributed by atoms with van der Waals surface area (Å²) < 4.78 is 6.23. The fraction of sp³-hybridized carbons (Fsp3) is 0.517. The highest BCUT2D eigenvalue weighted by Crippen LogP contribution is 2.44. The van der Waals surface area contributed by atoms with Crippen molar-refractivity contribution in [3.63, 3.8) is 0 Å².